The van der Waals surface area contributed by atoms with Crippen molar-refractivity contribution >= 4 is 39.2 Å². The van der Waals surface area contributed by atoms with Crippen molar-refractivity contribution in [1.82, 2.24) is 15.3 Å². The Bertz CT molecular complexity index is 859. The number of aromatic nitrogens is 2. The Kier molecular flexibility index (Phi) is 7.41. The molecule has 3 heterocycles. The van der Waals surface area contributed by atoms with Crippen LogP contribution in [0.25, 0.3) is 10.2 Å². The zero-order valence-electron chi connectivity index (χ0n) is 17.5. The topological polar surface area (TPSA) is 84.4 Å². The maximum Gasteiger partial charge on any atom is 0.309 e. The number of hydrogen-bond acceptors (Lipinski definition) is 7. The first-order valence-electron chi connectivity index (χ1n) is 10.4. The monoisotopic (exact) mass is 418 g/mol. The Morgan fingerprint density at radius 3 is 2.72 bits per heavy atom. The summed E-state index contributed by atoms with van der Waals surface area (Å²) in [5.41, 5.74) is 1.23. The van der Waals surface area contributed by atoms with Gasteiger partial charge in [0.1, 0.15) is 17.0 Å². The third-order valence-corrected chi connectivity index (χ3v) is 6.64. The summed E-state index contributed by atoms with van der Waals surface area (Å²) >= 11 is 1.69. The van der Waals surface area contributed by atoms with Gasteiger partial charge in [-0.25, -0.2) is 9.97 Å². The zero-order valence-corrected chi connectivity index (χ0v) is 18.3. The molecule has 0 saturated carbocycles. The van der Waals surface area contributed by atoms with Gasteiger partial charge in [0.15, 0.2) is 6.61 Å². The lowest BCUT2D eigenvalue weighted by Crippen LogP contribution is -2.38. The molecule has 1 amide bonds. The highest BCUT2D eigenvalue weighted by Gasteiger charge is 2.28. The van der Waals surface area contributed by atoms with E-state index in [9.17, 15) is 9.59 Å². The van der Waals surface area contributed by atoms with E-state index < -0.39 is 0 Å². The molecule has 1 saturated heterocycles. The average Bonchev–Trinajstić information content (AvgIpc) is 3.03. The first-order chi connectivity index (χ1) is 14.0. The number of unbranched alkanes of at least 4 members (excludes halogenated alkanes) is 2. The van der Waals surface area contributed by atoms with Gasteiger partial charge >= 0.3 is 5.97 Å². The van der Waals surface area contributed by atoms with Gasteiger partial charge in [0.05, 0.1) is 11.3 Å². The number of nitrogens with zero attached hydrogens (tertiary/aromatic N) is 3. The Morgan fingerprint density at radius 2 is 2.00 bits per heavy atom. The molecule has 0 atom stereocenters. The number of amides is 1. The van der Waals surface area contributed by atoms with Gasteiger partial charge in [0.25, 0.3) is 5.91 Å². The number of carbonyl (C=O) groups excluding carboxylic acids is 2. The molecular formula is C21H30N4O3S. The maximum absolute atomic E-state index is 12.3. The van der Waals surface area contributed by atoms with Crippen LogP contribution in [-0.4, -0.2) is 48.1 Å². The predicted octanol–water partition coefficient (Wildman–Crippen LogP) is 3.37. The van der Waals surface area contributed by atoms with Crippen LogP contribution in [0.1, 0.15) is 49.5 Å². The number of aryl methyl sites for hydroxylation is 2. The largest absolute Gasteiger partial charge is 0.455 e. The van der Waals surface area contributed by atoms with E-state index in [-0.39, 0.29) is 24.4 Å². The fourth-order valence-corrected chi connectivity index (χ4v) is 4.63. The van der Waals surface area contributed by atoms with Gasteiger partial charge in [-0.05, 0) is 38.7 Å². The molecule has 0 aliphatic carbocycles. The van der Waals surface area contributed by atoms with Gasteiger partial charge in [0.2, 0.25) is 0 Å². The SMILES string of the molecule is CCCCCNC(=O)COC(=O)C1CCN(c2ncnc3sc(C)c(C)c23)CC1. The van der Waals surface area contributed by atoms with Crippen molar-refractivity contribution in [3.8, 4) is 0 Å². The molecule has 1 N–H and O–H groups in total. The number of anilines is 1. The second-order valence-corrected chi connectivity index (χ2v) is 8.79. The van der Waals surface area contributed by atoms with Gasteiger partial charge in [0, 0.05) is 24.5 Å². The van der Waals surface area contributed by atoms with E-state index in [0.717, 1.165) is 48.4 Å². The molecule has 0 bridgehead atoms. The number of nitrogens with one attached hydrogen (secondary N) is 1. The average molecular weight is 419 g/mol. The van der Waals surface area contributed by atoms with Crippen LogP contribution in [0.2, 0.25) is 0 Å². The summed E-state index contributed by atoms with van der Waals surface area (Å²) < 4.78 is 5.24. The van der Waals surface area contributed by atoms with Crippen LogP contribution in [0.4, 0.5) is 5.82 Å². The Hall–Kier alpha value is -2.22. The molecule has 7 nitrogen and oxygen atoms in total. The molecule has 0 spiro atoms. The number of rotatable bonds is 8. The smallest absolute Gasteiger partial charge is 0.309 e. The summed E-state index contributed by atoms with van der Waals surface area (Å²) in [5, 5.41) is 3.91. The van der Waals surface area contributed by atoms with E-state index in [1.807, 2.05) is 0 Å². The van der Waals surface area contributed by atoms with E-state index in [1.165, 1.54) is 10.4 Å². The van der Waals surface area contributed by atoms with E-state index in [0.29, 0.717) is 19.4 Å². The van der Waals surface area contributed by atoms with Crippen LogP contribution in [0.3, 0.4) is 0 Å². The highest BCUT2D eigenvalue weighted by Crippen LogP contribution is 2.35. The lowest BCUT2D eigenvalue weighted by atomic mass is 9.97. The van der Waals surface area contributed by atoms with Crippen molar-refractivity contribution in [2.24, 2.45) is 5.92 Å². The molecule has 29 heavy (non-hydrogen) atoms. The first kappa shape index (κ1) is 21.5. The summed E-state index contributed by atoms with van der Waals surface area (Å²) in [5.74, 6) is 0.291. The lowest BCUT2D eigenvalue weighted by molar-refractivity contribution is -0.153. The second kappa shape index (κ2) is 10.0. The van der Waals surface area contributed by atoms with Crippen molar-refractivity contribution in [3.63, 3.8) is 0 Å². The van der Waals surface area contributed by atoms with Crippen LogP contribution >= 0.6 is 11.3 Å². The van der Waals surface area contributed by atoms with Gasteiger partial charge in [-0.1, -0.05) is 19.8 Å². The Balaban J connectivity index is 1.49. The summed E-state index contributed by atoms with van der Waals surface area (Å²) in [7, 11) is 0. The number of carbonyl (C=O) groups is 2. The van der Waals surface area contributed by atoms with Crippen molar-refractivity contribution in [3.05, 3.63) is 16.8 Å². The number of piperidine rings is 1. The quantitative estimate of drug-likeness (QED) is 0.523. The summed E-state index contributed by atoms with van der Waals surface area (Å²) in [6.07, 6.45) is 6.16. The zero-order chi connectivity index (χ0) is 20.8. The number of fused-ring (bicyclic) bond motifs is 1. The highest BCUT2D eigenvalue weighted by atomic mass is 32.1. The van der Waals surface area contributed by atoms with Crippen molar-refractivity contribution in [2.75, 3.05) is 31.1 Å². The fraction of sp³-hybridized carbons (Fsp3) is 0.619. The number of ether oxygens (including phenoxy) is 1. The van der Waals surface area contributed by atoms with Crippen molar-refractivity contribution in [2.45, 2.75) is 52.9 Å². The molecule has 2 aromatic rings. The number of thiophene rings is 1. The second-order valence-electron chi connectivity index (χ2n) is 7.59. The lowest BCUT2D eigenvalue weighted by Gasteiger charge is -2.32. The van der Waals surface area contributed by atoms with Crippen molar-refractivity contribution < 1.29 is 14.3 Å². The number of hydrogen-bond donors (Lipinski definition) is 1. The molecule has 2 aromatic heterocycles. The van der Waals surface area contributed by atoms with Crippen LogP contribution in [-0.2, 0) is 14.3 Å². The summed E-state index contributed by atoms with van der Waals surface area (Å²) in [6.45, 7) is 8.26. The molecule has 0 unspecified atom stereocenters. The third-order valence-electron chi connectivity index (χ3n) is 5.52. The molecule has 8 heteroatoms. The van der Waals surface area contributed by atoms with Crippen molar-refractivity contribution in [1.29, 1.82) is 0 Å². The van der Waals surface area contributed by atoms with Crippen LogP contribution < -0.4 is 10.2 Å². The number of esters is 1. The summed E-state index contributed by atoms with van der Waals surface area (Å²) in [4.78, 5) is 37.6. The minimum absolute atomic E-state index is 0.165. The molecule has 1 aliphatic rings. The fourth-order valence-electron chi connectivity index (χ4n) is 3.64. The molecule has 158 valence electrons. The van der Waals surface area contributed by atoms with Gasteiger partial charge in [-0.2, -0.15) is 0 Å². The molecule has 1 fully saturated rings. The third kappa shape index (κ3) is 5.23. The highest BCUT2D eigenvalue weighted by molar-refractivity contribution is 7.18. The minimum atomic E-state index is -0.274. The predicted molar refractivity (Wildman–Crippen MR) is 115 cm³/mol. The van der Waals surface area contributed by atoms with Gasteiger partial charge in [-0.15, -0.1) is 11.3 Å². The van der Waals surface area contributed by atoms with Crippen LogP contribution in [0.5, 0.6) is 0 Å². The van der Waals surface area contributed by atoms with E-state index >= 15 is 0 Å². The van der Waals surface area contributed by atoms with E-state index in [4.69, 9.17) is 4.74 Å². The molecule has 1 aliphatic heterocycles. The summed E-state index contributed by atoms with van der Waals surface area (Å²) in [6, 6.07) is 0. The van der Waals surface area contributed by atoms with Gasteiger partial charge in [-0.3, -0.25) is 9.59 Å². The first-order valence-corrected chi connectivity index (χ1v) is 11.2. The molecular weight excluding hydrogens is 388 g/mol. The maximum atomic E-state index is 12.3. The molecule has 3 rings (SSSR count). The van der Waals surface area contributed by atoms with Gasteiger partial charge < -0.3 is 15.0 Å². The van der Waals surface area contributed by atoms with E-state index in [1.54, 1.807) is 17.7 Å². The Morgan fingerprint density at radius 1 is 1.24 bits per heavy atom. The normalized spacial score (nSPS) is 14.9. The molecule has 0 aromatic carbocycles. The van der Waals surface area contributed by atoms with E-state index in [2.05, 4.69) is 41.0 Å². The Labute approximate surface area is 175 Å². The standard InChI is InChI=1S/C21H30N4O3S/c1-4-5-6-9-22-17(26)12-28-21(27)16-7-10-25(11-8-16)19-18-14(2)15(3)29-20(18)24-13-23-19/h13,16H,4-12H2,1-3H3,(H,22,26). The van der Waals surface area contributed by atoms with Crippen LogP contribution in [0, 0.1) is 19.8 Å². The minimum Gasteiger partial charge on any atom is -0.455 e. The van der Waals surface area contributed by atoms with Crippen LogP contribution in [0.15, 0.2) is 6.33 Å². The molecule has 0 radical (unpaired) electrons.